The van der Waals surface area contributed by atoms with Gasteiger partial charge in [-0.3, -0.25) is 19.7 Å². The highest BCUT2D eigenvalue weighted by molar-refractivity contribution is 6.04. The number of amides is 1. The molecule has 0 saturated heterocycles. The van der Waals surface area contributed by atoms with Crippen molar-refractivity contribution < 1.29 is 24.0 Å². The van der Waals surface area contributed by atoms with Crippen LogP contribution in [-0.2, 0) is 9.53 Å². The number of hydrogen-bond acceptors (Lipinski definition) is 7. The van der Waals surface area contributed by atoms with Crippen LogP contribution in [0.4, 0.5) is 17.1 Å². The number of rotatable bonds is 7. The monoisotopic (exact) mass is 385 g/mol. The van der Waals surface area contributed by atoms with Gasteiger partial charge in [-0.2, -0.15) is 0 Å². The molecule has 0 spiro atoms. The van der Waals surface area contributed by atoms with E-state index in [1.807, 2.05) is 0 Å². The van der Waals surface area contributed by atoms with Crippen LogP contribution in [0.1, 0.15) is 27.6 Å². The van der Waals surface area contributed by atoms with E-state index in [4.69, 9.17) is 4.74 Å². The maximum absolute atomic E-state index is 12.1. The third-order valence-corrected chi connectivity index (χ3v) is 3.80. The van der Waals surface area contributed by atoms with E-state index < -0.39 is 23.4 Å². The van der Waals surface area contributed by atoms with Crippen molar-refractivity contribution in [3.05, 3.63) is 63.7 Å². The molecule has 2 rings (SSSR count). The SMILES string of the molecule is CC(=O)c1ccccc1NC(=O)COC(=O)c1ccc(N(C)C)c([N+](=O)[O-])c1. The van der Waals surface area contributed by atoms with Crippen molar-refractivity contribution in [2.24, 2.45) is 0 Å². The summed E-state index contributed by atoms with van der Waals surface area (Å²) in [6, 6.07) is 10.3. The zero-order valence-corrected chi connectivity index (χ0v) is 15.6. The molecular weight excluding hydrogens is 366 g/mol. The van der Waals surface area contributed by atoms with E-state index in [-0.39, 0.29) is 17.0 Å². The first-order valence-electron chi connectivity index (χ1n) is 8.23. The molecule has 0 saturated carbocycles. The fourth-order valence-electron chi connectivity index (χ4n) is 2.47. The van der Waals surface area contributed by atoms with E-state index >= 15 is 0 Å². The lowest BCUT2D eigenvalue weighted by atomic mass is 10.1. The molecule has 9 nitrogen and oxygen atoms in total. The lowest BCUT2D eigenvalue weighted by Gasteiger charge is -2.13. The first kappa shape index (κ1) is 20.6. The Morgan fingerprint density at radius 1 is 1.14 bits per heavy atom. The molecule has 2 aromatic rings. The van der Waals surface area contributed by atoms with Gasteiger partial charge in [0.1, 0.15) is 5.69 Å². The van der Waals surface area contributed by atoms with Crippen LogP contribution in [0.25, 0.3) is 0 Å². The number of carbonyl (C=O) groups excluding carboxylic acids is 3. The first-order chi connectivity index (χ1) is 13.2. The van der Waals surface area contributed by atoms with Gasteiger partial charge in [0.05, 0.1) is 16.2 Å². The highest BCUT2D eigenvalue weighted by Gasteiger charge is 2.20. The van der Waals surface area contributed by atoms with Crippen molar-refractivity contribution >= 4 is 34.7 Å². The maximum atomic E-state index is 12.1. The second kappa shape index (κ2) is 8.76. The third-order valence-electron chi connectivity index (χ3n) is 3.80. The van der Waals surface area contributed by atoms with E-state index in [2.05, 4.69) is 5.32 Å². The Labute approximate surface area is 161 Å². The predicted octanol–water partition coefficient (Wildman–Crippen LogP) is 2.66. The summed E-state index contributed by atoms with van der Waals surface area (Å²) in [6.45, 7) is 0.767. The molecule has 0 aliphatic rings. The van der Waals surface area contributed by atoms with Gasteiger partial charge < -0.3 is 15.0 Å². The van der Waals surface area contributed by atoms with Gasteiger partial charge in [-0.15, -0.1) is 0 Å². The van der Waals surface area contributed by atoms with Gasteiger partial charge in [0.25, 0.3) is 11.6 Å². The molecule has 0 bridgehead atoms. The predicted molar refractivity (Wildman–Crippen MR) is 103 cm³/mol. The smallest absolute Gasteiger partial charge is 0.338 e. The molecule has 146 valence electrons. The van der Waals surface area contributed by atoms with Gasteiger partial charge in [-0.25, -0.2) is 4.79 Å². The van der Waals surface area contributed by atoms with E-state index in [1.165, 1.54) is 19.1 Å². The Hall–Kier alpha value is -3.75. The number of nitro benzene ring substituents is 1. The van der Waals surface area contributed by atoms with Crippen LogP contribution < -0.4 is 10.2 Å². The first-order valence-corrected chi connectivity index (χ1v) is 8.23. The molecule has 2 aromatic carbocycles. The quantitative estimate of drug-likeness (QED) is 0.337. The number of ether oxygens (including phenoxy) is 1. The van der Waals surface area contributed by atoms with E-state index in [0.717, 1.165) is 6.07 Å². The molecule has 0 radical (unpaired) electrons. The van der Waals surface area contributed by atoms with Gasteiger partial charge >= 0.3 is 5.97 Å². The third kappa shape index (κ3) is 4.91. The number of nitrogens with one attached hydrogen (secondary N) is 1. The molecule has 0 aliphatic heterocycles. The Kier molecular flexibility index (Phi) is 6.43. The fraction of sp³-hybridized carbons (Fsp3) is 0.211. The van der Waals surface area contributed by atoms with Crippen molar-refractivity contribution in [2.45, 2.75) is 6.92 Å². The minimum atomic E-state index is -0.872. The zero-order valence-electron chi connectivity index (χ0n) is 15.6. The van der Waals surface area contributed by atoms with Crippen LogP contribution >= 0.6 is 0 Å². The van der Waals surface area contributed by atoms with Crippen LogP contribution in [0, 0.1) is 10.1 Å². The standard InChI is InChI=1S/C19H19N3O6/c1-12(23)14-6-4-5-7-15(14)20-18(24)11-28-19(25)13-8-9-16(21(2)3)17(10-13)22(26)27/h4-10H,11H2,1-3H3,(H,20,24). The molecule has 0 heterocycles. The summed E-state index contributed by atoms with van der Waals surface area (Å²) in [5.41, 5.74) is 0.674. The van der Waals surface area contributed by atoms with Crippen molar-refractivity contribution in [1.29, 1.82) is 0 Å². The number of nitro groups is 1. The van der Waals surface area contributed by atoms with Crippen LogP contribution in [-0.4, -0.2) is 43.3 Å². The number of benzene rings is 2. The maximum Gasteiger partial charge on any atom is 0.338 e. The number of anilines is 2. The Morgan fingerprint density at radius 2 is 1.82 bits per heavy atom. The van der Waals surface area contributed by atoms with Crippen LogP contribution in [0.5, 0.6) is 0 Å². The molecule has 0 fully saturated rings. The van der Waals surface area contributed by atoms with Crippen molar-refractivity contribution in [3.63, 3.8) is 0 Å². The molecular formula is C19H19N3O6. The van der Waals surface area contributed by atoms with Gasteiger partial charge in [-0.1, -0.05) is 12.1 Å². The highest BCUT2D eigenvalue weighted by atomic mass is 16.6. The van der Waals surface area contributed by atoms with E-state index in [9.17, 15) is 24.5 Å². The largest absolute Gasteiger partial charge is 0.452 e. The van der Waals surface area contributed by atoms with Crippen molar-refractivity contribution in [2.75, 3.05) is 30.9 Å². The van der Waals surface area contributed by atoms with Crippen LogP contribution in [0.3, 0.4) is 0 Å². The van der Waals surface area contributed by atoms with Crippen LogP contribution in [0.15, 0.2) is 42.5 Å². The molecule has 28 heavy (non-hydrogen) atoms. The van der Waals surface area contributed by atoms with Crippen molar-refractivity contribution in [3.8, 4) is 0 Å². The van der Waals surface area contributed by atoms with Crippen LogP contribution in [0.2, 0.25) is 0 Å². The number of hydrogen-bond donors (Lipinski definition) is 1. The van der Waals surface area contributed by atoms with Gasteiger partial charge in [0, 0.05) is 25.7 Å². The van der Waals surface area contributed by atoms with Gasteiger partial charge in [0.15, 0.2) is 12.4 Å². The van der Waals surface area contributed by atoms with Gasteiger partial charge in [0.2, 0.25) is 0 Å². The molecule has 1 amide bonds. The van der Waals surface area contributed by atoms with Crippen molar-refractivity contribution in [1.82, 2.24) is 0 Å². The average molecular weight is 385 g/mol. The number of carbonyl (C=O) groups is 3. The number of para-hydroxylation sites is 1. The topological polar surface area (TPSA) is 119 Å². The fourth-order valence-corrected chi connectivity index (χ4v) is 2.47. The number of nitrogens with zero attached hydrogens (tertiary/aromatic N) is 2. The second-order valence-electron chi connectivity index (χ2n) is 6.08. The second-order valence-corrected chi connectivity index (χ2v) is 6.08. The summed E-state index contributed by atoms with van der Waals surface area (Å²) >= 11 is 0. The summed E-state index contributed by atoms with van der Waals surface area (Å²) in [5, 5.41) is 13.7. The molecule has 0 atom stereocenters. The Morgan fingerprint density at radius 3 is 2.43 bits per heavy atom. The molecule has 1 N–H and O–H groups in total. The molecule has 0 aromatic heterocycles. The zero-order chi connectivity index (χ0) is 20.8. The summed E-state index contributed by atoms with van der Waals surface area (Å²) in [5.74, 6) is -1.73. The molecule has 9 heteroatoms. The van der Waals surface area contributed by atoms with Gasteiger partial charge in [-0.05, 0) is 31.2 Å². The minimum Gasteiger partial charge on any atom is -0.452 e. The highest BCUT2D eigenvalue weighted by Crippen LogP contribution is 2.28. The summed E-state index contributed by atoms with van der Waals surface area (Å²) in [7, 11) is 3.28. The minimum absolute atomic E-state index is 0.0470. The molecule has 0 unspecified atom stereocenters. The summed E-state index contributed by atoms with van der Waals surface area (Å²) in [4.78, 5) is 47.9. The number of ketones is 1. The van der Waals surface area contributed by atoms with E-state index in [1.54, 1.807) is 43.3 Å². The normalized spacial score (nSPS) is 10.1. The average Bonchev–Trinajstić information content (AvgIpc) is 2.65. The Balaban J connectivity index is 2.06. The van der Waals surface area contributed by atoms with E-state index in [0.29, 0.717) is 16.9 Å². The Bertz CT molecular complexity index is 939. The lowest BCUT2D eigenvalue weighted by molar-refractivity contribution is -0.384. The lowest BCUT2D eigenvalue weighted by Crippen LogP contribution is -2.22. The summed E-state index contributed by atoms with van der Waals surface area (Å²) < 4.78 is 4.93. The number of esters is 1. The number of Topliss-reactive ketones (excluding diaryl/α,β-unsaturated/α-hetero) is 1. The summed E-state index contributed by atoms with van der Waals surface area (Å²) in [6.07, 6.45) is 0. The molecule has 0 aliphatic carbocycles.